The number of carbonyl (C=O) groups is 1. The SMILES string of the molecule is Cn1ccc(C(=O)COC2CCCCCC2)c1. The molecule has 0 aromatic carbocycles. The molecule has 0 amide bonds. The van der Waals surface area contributed by atoms with Crippen molar-refractivity contribution >= 4 is 5.78 Å². The molecule has 0 aliphatic heterocycles. The maximum Gasteiger partial charge on any atom is 0.189 e. The molecule has 0 N–H and O–H groups in total. The molecule has 0 unspecified atom stereocenters. The van der Waals surface area contributed by atoms with E-state index in [1.165, 1.54) is 25.7 Å². The first-order valence-corrected chi connectivity index (χ1v) is 6.52. The van der Waals surface area contributed by atoms with Crippen LogP contribution in [0.15, 0.2) is 18.5 Å². The van der Waals surface area contributed by atoms with Crippen LogP contribution in [0.2, 0.25) is 0 Å². The van der Waals surface area contributed by atoms with E-state index in [1.807, 2.05) is 30.1 Å². The lowest BCUT2D eigenvalue weighted by Crippen LogP contribution is -2.17. The molecule has 1 aliphatic carbocycles. The minimum atomic E-state index is 0.0925. The van der Waals surface area contributed by atoms with Gasteiger partial charge in [0.1, 0.15) is 6.61 Å². The molecule has 1 fully saturated rings. The van der Waals surface area contributed by atoms with Crippen molar-refractivity contribution in [2.75, 3.05) is 6.61 Å². The Morgan fingerprint density at radius 1 is 1.35 bits per heavy atom. The van der Waals surface area contributed by atoms with Crippen LogP contribution in [0.25, 0.3) is 0 Å². The van der Waals surface area contributed by atoms with Crippen molar-refractivity contribution < 1.29 is 9.53 Å². The number of nitrogens with zero attached hydrogens (tertiary/aromatic N) is 1. The summed E-state index contributed by atoms with van der Waals surface area (Å²) in [4.78, 5) is 11.8. The van der Waals surface area contributed by atoms with Gasteiger partial charge in [-0.2, -0.15) is 0 Å². The van der Waals surface area contributed by atoms with Crippen molar-refractivity contribution in [3.63, 3.8) is 0 Å². The van der Waals surface area contributed by atoms with Crippen LogP contribution >= 0.6 is 0 Å². The smallest absolute Gasteiger partial charge is 0.189 e. The van der Waals surface area contributed by atoms with Gasteiger partial charge < -0.3 is 9.30 Å². The molecule has 2 rings (SSSR count). The Hall–Kier alpha value is -1.09. The minimum absolute atomic E-state index is 0.0925. The molecule has 94 valence electrons. The van der Waals surface area contributed by atoms with Gasteiger partial charge in [0.15, 0.2) is 5.78 Å². The molecule has 0 atom stereocenters. The number of hydrogen-bond donors (Lipinski definition) is 0. The van der Waals surface area contributed by atoms with Crippen LogP contribution in [0.3, 0.4) is 0 Å². The Balaban J connectivity index is 1.79. The molecular formula is C14H21NO2. The van der Waals surface area contributed by atoms with E-state index >= 15 is 0 Å². The summed E-state index contributed by atoms with van der Waals surface area (Å²) in [5.41, 5.74) is 0.751. The molecule has 3 nitrogen and oxygen atoms in total. The van der Waals surface area contributed by atoms with E-state index < -0.39 is 0 Å². The summed E-state index contributed by atoms with van der Waals surface area (Å²) in [7, 11) is 1.92. The average Bonchev–Trinajstić information content (AvgIpc) is 2.61. The number of Topliss-reactive ketones (excluding diaryl/α,β-unsaturated/α-hetero) is 1. The topological polar surface area (TPSA) is 31.2 Å². The Labute approximate surface area is 103 Å². The number of aryl methyl sites for hydroxylation is 1. The third kappa shape index (κ3) is 3.70. The lowest BCUT2D eigenvalue weighted by Gasteiger charge is -2.14. The van der Waals surface area contributed by atoms with Gasteiger partial charge in [-0.1, -0.05) is 25.7 Å². The van der Waals surface area contributed by atoms with Crippen LogP contribution < -0.4 is 0 Å². The molecule has 0 bridgehead atoms. The maximum absolute atomic E-state index is 11.8. The van der Waals surface area contributed by atoms with E-state index in [9.17, 15) is 4.79 Å². The zero-order valence-electron chi connectivity index (χ0n) is 10.5. The summed E-state index contributed by atoms with van der Waals surface area (Å²) in [6.45, 7) is 0.231. The molecule has 0 saturated heterocycles. The molecule has 0 radical (unpaired) electrons. The van der Waals surface area contributed by atoms with Crippen LogP contribution in [0.4, 0.5) is 0 Å². The number of ether oxygens (including phenoxy) is 1. The van der Waals surface area contributed by atoms with Crippen LogP contribution in [0.1, 0.15) is 48.9 Å². The predicted molar refractivity (Wildman–Crippen MR) is 67.2 cm³/mol. The molecule has 1 aromatic rings. The van der Waals surface area contributed by atoms with Crippen molar-refractivity contribution in [1.82, 2.24) is 4.57 Å². The third-order valence-corrected chi connectivity index (χ3v) is 3.41. The fraction of sp³-hybridized carbons (Fsp3) is 0.643. The van der Waals surface area contributed by atoms with E-state index in [0.29, 0.717) is 6.10 Å². The first-order valence-electron chi connectivity index (χ1n) is 6.52. The normalized spacial score (nSPS) is 17.9. The van der Waals surface area contributed by atoms with Crippen LogP contribution in [-0.2, 0) is 11.8 Å². The molecule has 3 heteroatoms. The first kappa shape index (κ1) is 12.4. The standard InChI is InChI=1S/C14H21NO2/c1-15-9-8-12(10-15)14(16)11-17-13-6-4-2-3-5-7-13/h8-10,13H,2-7,11H2,1H3. The number of carbonyl (C=O) groups excluding carboxylic acids is 1. The fourth-order valence-corrected chi connectivity index (χ4v) is 2.35. The van der Waals surface area contributed by atoms with Crippen molar-refractivity contribution in [2.45, 2.75) is 44.6 Å². The second kappa shape index (κ2) is 6.01. The second-order valence-electron chi connectivity index (χ2n) is 4.91. The molecule has 1 aromatic heterocycles. The van der Waals surface area contributed by atoms with E-state index in [0.717, 1.165) is 18.4 Å². The zero-order chi connectivity index (χ0) is 12.1. The average molecular weight is 235 g/mol. The van der Waals surface area contributed by atoms with Crippen molar-refractivity contribution in [1.29, 1.82) is 0 Å². The van der Waals surface area contributed by atoms with Gasteiger partial charge in [-0.15, -0.1) is 0 Å². The van der Waals surface area contributed by atoms with E-state index in [-0.39, 0.29) is 12.4 Å². The number of hydrogen-bond acceptors (Lipinski definition) is 2. The van der Waals surface area contributed by atoms with Crippen molar-refractivity contribution in [3.8, 4) is 0 Å². The van der Waals surface area contributed by atoms with Gasteiger partial charge >= 0.3 is 0 Å². The monoisotopic (exact) mass is 235 g/mol. The van der Waals surface area contributed by atoms with Crippen molar-refractivity contribution in [2.24, 2.45) is 7.05 Å². The van der Waals surface area contributed by atoms with E-state index in [4.69, 9.17) is 4.74 Å². The van der Waals surface area contributed by atoms with Gasteiger partial charge in [0.25, 0.3) is 0 Å². The first-order chi connectivity index (χ1) is 8.25. The van der Waals surface area contributed by atoms with Gasteiger partial charge in [0.2, 0.25) is 0 Å². The van der Waals surface area contributed by atoms with Crippen LogP contribution in [0.5, 0.6) is 0 Å². The quantitative estimate of drug-likeness (QED) is 0.593. The molecule has 0 spiro atoms. The highest BCUT2D eigenvalue weighted by atomic mass is 16.5. The molecule has 1 heterocycles. The lowest BCUT2D eigenvalue weighted by molar-refractivity contribution is 0.0389. The summed E-state index contributed by atoms with van der Waals surface area (Å²) in [6.07, 6.45) is 11.4. The Morgan fingerprint density at radius 3 is 2.65 bits per heavy atom. The zero-order valence-corrected chi connectivity index (χ0v) is 10.5. The highest BCUT2D eigenvalue weighted by molar-refractivity contribution is 5.96. The van der Waals surface area contributed by atoms with Crippen molar-refractivity contribution in [3.05, 3.63) is 24.0 Å². The summed E-state index contributed by atoms with van der Waals surface area (Å²) >= 11 is 0. The van der Waals surface area contributed by atoms with Gasteiger partial charge in [-0.3, -0.25) is 4.79 Å². The number of rotatable bonds is 4. The largest absolute Gasteiger partial charge is 0.370 e. The highest BCUT2D eigenvalue weighted by Gasteiger charge is 2.15. The summed E-state index contributed by atoms with van der Waals surface area (Å²) < 4.78 is 7.62. The molecule has 17 heavy (non-hydrogen) atoms. The second-order valence-corrected chi connectivity index (χ2v) is 4.91. The Kier molecular flexibility index (Phi) is 4.37. The lowest BCUT2D eigenvalue weighted by atomic mass is 10.1. The Morgan fingerprint density at radius 2 is 2.06 bits per heavy atom. The third-order valence-electron chi connectivity index (χ3n) is 3.41. The predicted octanol–water partition coefficient (Wildman–Crippen LogP) is 2.95. The number of aromatic nitrogens is 1. The van der Waals surface area contributed by atoms with E-state index in [2.05, 4.69) is 0 Å². The van der Waals surface area contributed by atoms with E-state index in [1.54, 1.807) is 0 Å². The Bertz CT molecular complexity index is 362. The van der Waals surface area contributed by atoms with Crippen LogP contribution in [0, 0.1) is 0 Å². The maximum atomic E-state index is 11.8. The van der Waals surface area contributed by atoms with Gasteiger partial charge in [0, 0.05) is 25.0 Å². The molecule has 1 saturated carbocycles. The summed E-state index contributed by atoms with van der Waals surface area (Å²) in [5, 5.41) is 0. The number of ketones is 1. The highest BCUT2D eigenvalue weighted by Crippen LogP contribution is 2.19. The summed E-state index contributed by atoms with van der Waals surface area (Å²) in [5.74, 6) is 0.0925. The molecule has 1 aliphatic rings. The van der Waals surface area contributed by atoms with Gasteiger partial charge in [-0.05, 0) is 18.9 Å². The summed E-state index contributed by atoms with van der Waals surface area (Å²) in [6, 6.07) is 1.85. The van der Waals surface area contributed by atoms with Crippen LogP contribution in [-0.4, -0.2) is 23.1 Å². The fourth-order valence-electron chi connectivity index (χ4n) is 2.35. The van der Waals surface area contributed by atoms with Gasteiger partial charge in [-0.25, -0.2) is 0 Å². The van der Waals surface area contributed by atoms with Gasteiger partial charge in [0.05, 0.1) is 6.10 Å². The molecular weight excluding hydrogens is 214 g/mol. The minimum Gasteiger partial charge on any atom is -0.370 e.